The van der Waals surface area contributed by atoms with Gasteiger partial charge in [0.15, 0.2) is 5.78 Å². The van der Waals surface area contributed by atoms with Crippen molar-refractivity contribution in [2.24, 2.45) is 0 Å². The van der Waals surface area contributed by atoms with Crippen molar-refractivity contribution >= 4 is 34.1 Å². The van der Waals surface area contributed by atoms with Gasteiger partial charge in [0.25, 0.3) is 5.69 Å². The quantitative estimate of drug-likeness (QED) is 0.371. The van der Waals surface area contributed by atoms with E-state index in [9.17, 15) is 14.9 Å². The summed E-state index contributed by atoms with van der Waals surface area (Å²) in [5.74, 6) is 0.0503. The standard InChI is InChI=1S/C9H8INO4/c1-5(12)6-3-7(10)8(11(13)14)4-9(6)15-2/h3-4H,1-2H3. The van der Waals surface area contributed by atoms with Crippen molar-refractivity contribution in [3.05, 3.63) is 31.4 Å². The number of benzene rings is 1. The summed E-state index contributed by atoms with van der Waals surface area (Å²) in [7, 11) is 1.37. The van der Waals surface area contributed by atoms with Crippen molar-refractivity contribution in [3.63, 3.8) is 0 Å². The Morgan fingerprint density at radius 2 is 2.13 bits per heavy atom. The maximum absolute atomic E-state index is 11.2. The SMILES string of the molecule is COc1cc([N+](=O)[O-])c(I)cc1C(C)=O. The third-order valence-electron chi connectivity index (χ3n) is 1.84. The Hall–Kier alpha value is -1.18. The van der Waals surface area contributed by atoms with Crippen LogP contribution in [0.3, 0.4) is 0 Å². The zero-order valence-corrected chi connectivity index (χ0v) is 10.3. The van der Waals surface area contributed by atoms with Crippen LogP contribution in [0.2, 0.25) is 0 Å². The summed E-state index contributed by atoms with van der Waals surface area (Å²) in [5, 5.41) is 10.6. The summed E-state index contributed by atoms with van der Waals surface area (Å²) >= 11 is 1.82. The highest BCUT2D eigenvalue weighted by atomic mass is 127. The highest BCUT2D eigenvalue weighted by Gasteiger charge is 2.18. The van der Waals surface area contributed by atoms with Gasteiger partial charge in [0.1, 0.15) is 5.75 Å². The summed E-state index contributed by atoms with van der Waals surface area (Å²) in [6, 6.07) is 2.72. The van der Waals surface area contributed by atoms with Crippen molar-refractivity contribution < 1.29 is 14.5 Å². The van der Waals surface area contributed by atoms with Gasteiger partial charge in [-0.25, -0.2) is 0 Å². The summed E-state index contributed by atoms with van der Waals surface area (Å²) < 4.78 is 5.34. The van der Waals surface area contributed by atoms with Gasteiger partial charge in [-0.05, 0) is 35.6 Å². The number of nitro groups is 1. The van der Waals surface area contributed by atoms with Crippen LogP contribution in [0.5, 0.6) is 5.75 Å². The van der Waals surface area contributed by atoms with Gasteiger partial charge >= 0.3 is 0 Å². The van der Waals surface area contributed by atoms with E-state index >= 15 is 0 Å². The fraction of sp³-hybridized carbons (Fsp3) is 0.222. The molecular formula is C9H8INO4. The molecule has 80 valence electrons. The highest BCUT2D eigenvalue weighted by molar-refractivity contribution is 14.1. The average molecular weight is 321 g/mol. The van der Waals surface area contributed by atoms with Crippen molar-refractivity contribution in [1.29, 1.82) is 0 Å². The molecule has 0 radical (unpaired) electrons. The average Bonchev–Trinajstić information content (AvgIpc) is 2.16. The molecule has 0 amide bonds. The molecule has 1 aromatic rings. The first-order chi connectivity index (χ1) is 6.97. The molecule has 0 atom stereocenters. The third kappa shape index (κ3) is 2.44. The van der Waals surface area contributed by atoms with E-state index in [1.54, 1.807) is 0 Å². The maximum Gasteiger partial charge on any atom is 0.286 e. The lowest BCUT2D eigenvalue weighted by Crippen LogP contribution is -2.01. The molecule has 0 aromatic heterocycles. The number of hydrogen-bond acceptors (Lipinski definition) is 4. The number of carbonyl (C=O) groups excluding carboxylic acids is 1. The zero-order chi connectivity index (χ0) is 11.6. The zero-order valence-electron chi connectivity index (χ0n) is 8.11. The minimum atomic E-state index is -0.506. The van der Waals surface area contributed by atoms with Gasteiger partial charge in [0.2, 0.25) is 0 Å². The van der Waals surface area contributed by atoms with Crippen molar-refractivity contribution in [2.75, 3.05) is 7.11 Å². The van der Waals surface area contributed by atoms with E-state index in [2.05, 4.69) is 0 Å². The number of ether oxygens (including phenoxy) is 1. The largest absolute Gasteiger partial charge is 0.496 e. The molecule has 0 aliphatic carbocycles. The van der Waals surface area contributed by atoms with E-state index < -0.39 is 4.92 Å². The predicted octanol–water partition coefficient (Wildman–Crippen LogP) is 2.41. The second-order valence-corrected chi connectivity index (χ2v) is 3.98. The topological polar surface area (TPSA) is 69.4 Å². The van der Waals surface area contributed by atoms with Crippen LogP contribution in [0.25, 0.3) is 0 Å². The molecule has 0 unspecified atom stereocenters. The van der Waals surface area contributed by atoms with Gasteiger partial charge < -0.3 is 4.74 Å². The normalized spacial score (nSPS) is 9.80. The first-order valence-electron chi connectivity index (χ1n) is 4.00. The lowest BCUT2D eigenvalue weighted by atomic mass is 10.1. The molecule has 0 spiro atoms. The van der Waals surface area contributed by atoms with Crippen molar-refractivity contribution in [2.45, 2.75) is 6.92 Å². The first-order valence-corrected chi connectivity index (χ1v) is 5.08. The van der Waals surface area contributed by atoms with E-state index in [1.807, 2.05) is 22.6 Å². The number of Topliss-reactive ketones (excluding diaryl/α,β-unsaturated/α-hetero) is 1. The number of nitro benzene ring substituents is 1. The molecule has 0 saturated carbocycles. The van der Waals surface area contributed by atoms with Gasteiger partial charge in [-0.3, -0.25) is 14.9 Å². The van der Waals surface area contributed by atoms with Crippen LogP contribution in [0.15, 0.2) is 12.1 Å². The fourth-order valence-corrected chi connectivity index (χ4v) is 1.79. The summed E-state index contributed by atoms with van der Waals surface area (Å²) in [4.78, 5) is 21.3. The number of rotatable bonds is 3. The second-order valence-electron chi connectivity index (χ2n) is 2.82. The molecule has 0 bridgehead atoms. The van der Waals surface area contributed by atoms with Crippen LogP contribution in [0.1, 0.15) is 17.3 Å². The molecule has 0 saturated heterocycles. The van der Waals surface area contributed by atoms with Crippen LogP contribution in [-0.4, -0.2) is 17.8 Å². The molecule has 0 fully saturated rings. The summed E-state index contributed by atoms with van der Waals surface area (Å²) in [6.07, 6.45) is 0. The van der Waals surface area contributed by atoms with Gasteiger partial charge in [-0.15, -0.1) is 0 Å². The maximum atomic E-state index is 11.2. The van der Waals surface area contributed by atoms with Gasteiger partial charge in [0.05, 0.1) is 27.2 Å². The number of nitrogens with zero attached hydrogens (tertiary/aromatic N) is 1. The number of methoxy groups -OCH3 is 1. The molecule has 5 nitrogen and oxygen atoms in total. The molecular weight excluding hydrogens is 313 g/mol. The minimum absolute atomic E-state index is 0.0579. The van der Waals surface area contributed by atoms with Crippen LogP contribution < -0.4 is 4.74 Å². The fourth-order valence-electron chi connectivity index (χ4n) is 1.13. The Kier molecular flexibility index (Phi) is 3.61. The monoisotopic (exact) mass is 321 g/mol. The number of carbonyl (C=O) groups is 1. The Balaban J connectivity index is 3.42. The molecule has 1 rings (SSSR count). The van der Waals surface area contributed by atoms with E-state index in [0.29, 0.717) is 9.13 Å². The molecule has 0 N–H and O–H groups in total. The minimum Gasteiger partial charge on any atom is -0.496 e. The number of halogens is 1. The molecule has 15 heavy (non-hydrogen) atoms. The van der Waals surface area contributed by atoms with Crippen molar-refractivity contribution in [1.82, 2.24) is 0 Å². The lowest BCUT2D eigenvalue weighted by Gasteiger charge is -2.06. The molecule has 0 aliphatic rings. The molecule has 0 aliphatic heterocycles. The Morgan fingerprint density at radius 1 is 1.53 bits per heavy atom. The summed E-state index contributed by atoms with van der Waals surface area (Å²) in [5.41, 5.74) is 0.296. The smallest absolute Gasteiger partial charge is 0.286 e. The van der Waals surface area contributed by atoms with Gasteiger partial charge in [0, 0.05) is 0 Å². The van der Waals surface area contributed by atoms with E-state index in [-0.39, 0.29) is 17.2 Å². The molecule has 0 heterocycles. The van der Waals surface area contributed by atoms with E-state index in [0.717, 1.165) is 0 Å². The third-order valence-corrected chi connectivity index (χ3v) is 2.71. The highest BCUT2D eigenvalue weighted by Crippen LogP contribution is 2.30. The van der Waals surface area contributed by atoms with Crippen LogP contribution in [0.4, 0.5) is 5.69 Å². The Bertz CT molecular complexity index is 430. The van der Waals surface area contributed by atoms with Gasteiger partial charge in [-0.2, -0.15) is 0 Å². The van der Waals surface area contributed by atoms with Gasteiger partial charge in [-0.1, -0.05) is 0 Å². The molecule has 6 heteroatoms. The first kappa shape index (κ1) is 11.9. The van der Waals surface area contributed by atoms with Crippen molar-refractivity contribution in [3.8, 4) is 5.75 Å². The second kappa shape index (κ2) is 4.56. The number of ketones is 1. The lowest BCUT2D eigenvalue weighted by molar-refractivity contribution is -0.385. The van der Waals surface area contributed by atoms with Crippen LogP contribution in [0, 0.1) is 13.7 Å². The Morgan fingerprint density at radius 3 is 2.53 bits per heavy atom. The number of hydrogen-bond donors (Lipinski definition) is 0. The van der Waals surface area contributed by atoms with Crippen LogP contribution in [-0.2, 0) is 0 Å². The van der Waals surface area contributed by atoms with E-state index in [1.165, 1.54) is 26.2 Å². The van der Waals surface area contributed by atoms with Crippen LogP contribution >= 0.6 is 22.6 Å². The summed E-state index contributed by atoms with van der Waals surface area (Å²) in [6.45, 7) is 1.39. The Labute approximate surface area is 99.7 Å². The predicted molar refractivity (Wildman–Crippen MR) is 62.4 cm³/mol. The van der Waals surface area contributed by atoms with E-state index in [4.69, 9.17) is 4.74 Å². The molecule has 1 aromatic carbocycles.